The van der Waals surface area contributed by atoms with Crippen molar-refractivity contribution in [2.24, 2.45) is 5.41 Å². The highest BCUT2D eigenvalue weighted by molar-refractivity contribution is 4.94. The Morgan fingerprint density at radius 3 is 0.761 bits per heavy atom. The number of nitrogens with zero attached hydrogens (tertiary/aromatic N) is 1. The summed E-state index contributed by atoms with van der Waals surface area (Å²) in [5, 5.41) is 0. The zero-order valence-electron chi connectivity index (χ0n) is 45.9. The first kappa shape index (κ1) is 67.6. The molecule has 0 atom stereocenters. The van der Waals surface area contributed by atoms with Gasteiger partial charge < -0.3 is 31.1 Å². The van der Waals surface area contributed by atoms with E-state index >= 15 is 0 Å². The van der Waals surface area contributed by atoms with Crippen molar-refractivity contribution in [2.75, 3.05) is 67.3 Å². The summed E-state index contributed by atoms with van der Waals surface area (Å²) in [7, 11) is 6.92. The van der Waals surface area contributed by atoms with Crippen molar-refractivity contribution in [3.05, 3.63) is 72.9 Å². The molecule has 0 aromatic heterocycles. The summed E-state index contributed by atoms with van der Waals surface area (Å²) in [5.41, 5.74) is -0.132. The Kier molecular flexibility index (Phi) is 56.0. The fraction of sp³-hybridized carbons (Fsp3) is 0.806. The van der Waals surface area contributed by atoms with Gasteiger partial charge >= 0.3 is 0 Å². The lowest BCUT2D eigenvalue weighted by Crippen LogP contribution is -3.00. The van der Waals surface area contributed by atoms with Crippen molar-refractivity contribution in [3.8, 4) is 0 Å². The van der Waals surface area contributed by atoms with Crippen LogP contribution in [-0.4, -0.2) is 71.8 Å². The minimum atomic E-state index is -0.132. The summed E-state index contributed by atoms with van der Waals surface area (Å²) >= 11 is 0. The monoisotopic (exact) mass is 958 g/mol. The first-order valence-corrected chi connectivity index (χ1v) is 28.8. The molecular weight excluding hydrogens is 842 g/mol. The Morgan fingerprint density at radius 1 is 0.299 bits per heavy atom. The van der Waals surface area contributed by atoms with Crippen molar-refractivity contribution in [1.82, 2.24) is 0 Å². The standard InChI is InChI=1S/C62H116NO3.ClH/c1-7-10-13-16-19-22-25-28-31-34-37-40-43-46-49-52-55-64-59-62(58-63(4,5)6,60-65-56-53-50-47-44-41-38-35-32-29-26-23-20-17-14-11-8-2)61-66-57-54-51-48-45-42-39-36-33-30-27-24-21-18-15-12-9-3;/h19-24,28-33H,7-18,25-27,34-61H2,1-6H3;1H/q+1;/p-1/b22-19-,23-20-,24-21-,31-28-,32-29-,33-30-;. The van der Waals surface area contributed by atoms with E-state index in [1.54, 1.807) is 0 Å². The lowest BCUT2D eigenvalue weighted by atomic mass is 9.89. The predicted molar refractivity (Wildman–Crippen MR) is 296 cm³/mol. The molecule has 0 fully saturated rings. The van der Waals surface area contributed by atoms with Crippen LogP contribution >= 0.6 is 0 Å². The van der Waals surface area contributed by atoms with E-state index in [1.807, 2.05) is 0 Å². The number of allylic oxidation sites excluding steroid dienone is 12. The fourth-order valence-corrected chi connectivity index (χ4v) is 8.71. The van der Waals surface area contributed by atoms with E-state index in [9.17, 15) is 0 Å². The smallest absolute Gasteiger partial charge is 0.0905 e. The third kappa shape index (κ3) is 55.4. The van der Waals surface area contributed by atoms with Gasteiger partial charge in [-0.15, -0.1) is 0 Å². The second-order valence-electron chi connectivity index (χ2n) is 20.9. The first-order chi connectivity index (χ1) is 32.4. The molecule has 0 saturated heterocycles. The number of halogens is 1. The van der Waals surface area contributed by atoms with Gasteiger partial charge in [-0.2, -0.15) is 0 Å². The van der Waals surface area contributed by atoms with Crippen LogP contribution < -0.4 is 12.4 Å². The summed E-state index contributed by atoms with van der Waals surface area (Å²) in [6.45, 7) is 12.5. The van der Waals surface area contributed by atoms with E-state index < -0.39 is 0 Å². The van der Waals surface area contributed by atoms with E-state index in [0.717, 1.165) is 89.2 Å². The minimum Gasteiger partial charge on any atom is -1.00 e. The van der Waals surface area contributed by atoms with Crippen LogP contribution in [0.25, 0.3) is 0 Å². The number of hydrogen-bond donors (Lipinski definition) is 0. The maximum absolute atomic E-state index is 6.54. The highest BCUT2D eigenvalue weighted by Crippen LogP contribution is 2.24. The minimum absolute atomic E-state index is 0. The molecule has 0 rings (SSSR count). The Bertz CT molecular complexity index is 1010. The fourth-order valence-electron chi connectivity index (χ4n) is 8.71. The van der Waals surface area contributed by atoms with Crippen molar-refractivity contribution < 1.29 is 31.1 Å². The van der Waals surface area contributed by atoms with E-state index in [0.29, 0.717) is 0 Å². The van der Waals surface area contributed by atoms with Crippen LogP contribution in [0.1, 0.15) is 252 Å². The number of quaternary nitrogens is 1. The van der Waals surface area contributed by atoms with Gasteiger partial charge in [0.25, 0.3) is 0 Å². The van der Waals surface area contributed by atoms with E-state index in [2.05, 4.69) is 115 Å². The number of rotatable bonds is 53. The molecule has 0 aliphatic heterocycles. The number of unbranched alkanes of at least 4 members (excludes halogenated alkanes) is 27. The van der Waals surface area contributed by atoms with Gasteiger partial charge in [0.05, 0.1) is 52.9 Å². The molecular formula is C62H116ClNO3. The molecule has 0 radical (unpaired) electrons. The molecule has 0 aliphatic carbocycles. The van der Waals surface area contributed by atoms with Crippen molar-refractivity contribution in [1.29, 1.82) is 0 Å². The zero-order valence-corrected chi connectivity index (χ0v) is 46.6. The SMILES string of the molecule is CCCCC/C=C\C/C=C\CCCCCCCCOCC(COCCCCCCCC/C=C\C/C=C\CCCCC)(COCCCCCCCC/C=C\C/C=C\CCCCC)C[N+](C)(C)C.[Cl-]. The Hall–Kier alpha value is -1.43. The van der Waals surface area contributed by atoms with Gasteiger partial charge in [-0.3, -0.25) is 0 Å². The molecule has 0 saturated carbocycles. The van der Waals surface area contributed by atoms with Gasteiger partial charge in [0.15, 0.2) is 0 Å². The molecule has 0 amide bonds. The third-order valence-electron chi connectivity index (χ3n) is 12.5. The summed E-state index contributed by atoms with van der Waals surface area (Å²) in [4.78, 5) is 0. The van der Waals surface area contributed by atoms with Gasteiger partial charge in [0.1, 0.15) is 0 Å². The molecule has 4 nitrogen and oxygen atoms in total. The second kappa shape index (κ2) is 55.5. The molecule has 0 heterocycles. The Balaban J connectivity index is 0. The summed E-state index contributed by atoms with van der Waals surface area (Å²) in [6, 6.07) is 0. The van der Waals surface area contributed by atoms with Crippen LogP contribution in [0.15, 0.2) is 72.9 Å². The molecule has 0 unspecified atom stereocenters. The zero-order chi connectivity index (χ0) is 48.0. The average Bonchev–Trinajstić information content (AvgIpc) is 3.30. The van der Waals surface area contributed by atoms with E-state index in [4.69, 9.17) is 14.2 Å². The van der Waals surface area contributed by atoms with Crippen LogP contribution in [-0.2, 0) is 14.2 Å². The van der Waals surface area contributed by atoms with Crippen molar-refractivity contribution >= 4 is 0 Å². The highest BCUT2D eigenvalue weighted by Gasteiger charge is 2.37. The molecule has 0 spiro atoms. The maximum Gasteiger partial charge on any atom is 0.0905 e. The van der Waals surface area contributed by atoms with Crippen molar-refractivity contribution in [2.45, 2.75) is 252 Å². The van der Waals surface area contributed by atoms with Gasteiger partial charge in [-0.05, 0) is 116 Å². The molecule has 0 aromatic carbocycles. The van der Waals surface area contributed by atoms with Gasteiger partial charge in [0, 0.05) is 19.8 Å². The summed E-state index contributed by atoms with van der Waals surface area (Å²) in [6.07, 6.45) is 74.0. The molecule has 0 bridgehead atoms. The quantitative estimate of drug-likeness (QED) is 0.0345. The molecule has 67 heavy (non-hydrogen) atoms. The molecule has 0 aromatic rings. The van der Waals surface area contributed by atoms with E-state index in [-0.39, 0.29) is 17.8 Å². The lowest BCUT2D eigenvalue weighted by Gasteiger charge is -2.39. The van der Waals surface area contributed by atoms with Crippen LogP contribution in [0.3, 0.4) is 0 Å². The number of hydrogen-bond acceptors (Lipinski definition) is 3. The molecule has 394 valence electrons. The van der Waals surface area contributed by atoms with Crippen LogP contribution in [0.2, 0.25) is 0 Å². The van der Waals surface area contributed by atoms with Crippen LogP contribution in [0.5, 0.6) is 0 Å². The Labute approximate surface area is 426 Å². The normalized spacial score (nSPS) is 12.8. The van der Waals surface area contributed by atoms with Gasteiger partial charge in [0.2, 0.25) is 0 Å². The Morgan fingerprint density at radius 2 is 0.522 bits per heavy atom. The average molecular weight is 959 g/mol. The predicted octanol–water partition coefficient (Wildman–Crippen LogP) is 16.2. The maximum atomic E-state index is 6.54. The second-order valence-corrected chi connectivity index (χ2v) is 20.9. The first-order valence-electron chi connectivity index (χ1n) is 28.8. The van der Waals surface area contributed by atoms with Crippen LogP contribution in [0.4, 0.5) is 0 Å². The largest absolute Gasteiger partial charge is 1.00 e. The molecule has 0 aliphatic rings. The third-order valence-corrected chi connectivity index (χ3v) is 12.5. The van der Waals surface area contributed by atoms with Gasteiger partial charge in [-0.25, -0.2) is 0 Å². The van der Waals surface area contributed by atoms with Gasteiger partial charge in [-0.1, -0.05) is 209 Å². The summed E-state index contributed by atoms with van der Waals surface area (Å²) < 4.78 is 20.5. The van der Waals surface area contributed by atoms with E-state index in [1.165, 1.54) is 193 Å². The molecule has 0 N–H and O–H groups in total. The number of ether oxygens (including phenoxy) is 3. The van der Waals surface area contributed by atoms with Crippen LogP contribution in [0, 0.1) is 5.41 Å². The summed E-state index contributed by atoms with van der Waals surface area (Å²) in [5.74, 6) is 0. The molecule has 5 heteroatoms. The lowest BCUT2D eigenvalue weighted by molar-refractivity contribution is -0.877. The van der Waals surface area contributed by atoms with Crippen molar-refractivity contribution in [3.63, 3.8) is 0 Å². The topological polar surface area (TPSA) is 27.7 Å². The highest BCUT2D eigenvalue weighted by atomic mass is 35.5.